The number of ether oxygens (including phenoxy) is 1. The van der Waals surface area contributed by atoms with E-state index in [4.69, 9.17) is 4.74 Å². The smallest absolute Gasteiger partial charge is 0.262 e. The first-order chi connectivity index (χ1) is 12.0. The van der Waals surface area contributed by atoms with E-state index in [1.165, 1.54) is 12.1 Å². The highest BCUT2D eigenvalue weighted by Gasteiger charge is 2.19. The van der Waals surface area contributed by atoms with Gasteiger partial charge < -0.3 is 9.84 Å². The fourth-order valence-electron chi connectivity index (χ4n) is 2.33. The Morgan fingerprint density at radius 2 is 1.60 bits per heavy atom. The van der Waals surface area contributed by atoms with Crippen LogP contribution >= 0.6 is 0 Å². The van der Waals surface area contributed by atoms with Crippen molar-refractivity contribution in [1.82, 2.24) is 0 Å². The molecule has 0 heterocycles. The number of phenolic OH excluding ortho intramolecular Hbond substituents is 1. The van der Waals surface area contributed by atoms with Crippen LogP contribution in [0.4, 0.5) is 5.69 Å². The van der Waals surface area contributed by atoms with Crippen LogP contribution in [0.3, 0.4) is 0 Å². The number of benzene rings is 3. The van der Waals surface area contributed by atoms with Crippen molar-refractivity contribution in [2.75, 3.05) is 4.72 Å². The van der Waals surface area contributed by atoms with Crippen LogP contribution in [-0.4, -0.2) is 13.5 Å². The molecule has 0 bridgehead atoms. The van der Waals surface area contributed by atoms with Gasteiger partial charge in [-0.1, -0.05) is 36.4 Å². The number of aromatic hydroxyl groups is 1. The third-order valence-electron chi connectivity index (χ3n) is 3.56. The fraction of sp³-hybridized carbons (Fsp3) is 0.0526. The molecule has 6 heteroatoms. The van der Waals surface area contributed by atoms with Gasteiger partial charge in [0.15, 0.2) is 5.75 Å². The highest BCUT2D eigenvalue weighted by molar-refractivity contribution is 7.92. The van der Waals surface area contributed by atoms with Crippen LogP contribution in [0, 0.1) is 6.92 Å². The summed E-state index contributed by atoms with van der Waals surface area (Å²) in [4.78, 5) is 0.0158. The van der Waals surface area contributed by atoms with E-state index >= 15 is 0 Å². The van der Waals surface area contributed by atoms with E-state index in [0.29, 0.717) is 22.7 Å². The molecule has 5 nitrogen and oxygen atoms in total. The van der Waals surface area contributed by atoms with Crippen LogP contribution in [0.1, 0.15) is 5.56 Å². The molecule has 0 aliphatic rings. The minimum atomic E-state index is -3.87. The summed E-state index contributed by atoms with van der Waals surface area (Å²) in [6.45, 7) is 1.67. The van der Waals surface area contributed by atoms with Crippen molar-refractivity contribution in [3.05, 3.63) is 78.4 Å². The van der Waals surface area contributed by atoms with Gasteiger partial charge in [0.05, 0.1) is 10.6 Å². The third kappa shape index (κ3) is 3.92. The molecule has 0 aliphatic heterocycles. The van der Waals surface area contributed by atoms with Crippen LogP contribution in [0.15, 0.2) is 77.7 Å². The minimum Gasteiger partial charge on any atom is -0.508 e. The Kier molecular flexibility index (Phi) is 4.63. The number of nitrogens with one attached hydrogen (secondary N) is 1. The van der Waals surface area contributed by atoms with Gasteiger partial charge in [-0.05, 0) is 42.8 Å². The standard InChI is InChI=1S/C19H17NO4S/c1-14-11-12-15(21)13-19(14)25(22,23)20-17-9-5-6-10-18(17)24-16-7-3-2-4-8-16/h2-13,20-21H,1H3. The summed E-state index contributed by atoms with van der Waals surface area (Å²) in [5.74, 6) is 0.873. The summed E-state index contributed by atoms with van der Waals surface area (Å²) < 4.78 is 33.7. The van der Waals surface area contributed by atoms with E-state index in [9.17, 15) is 13.5 Å². The Labute approximate surface area is 146 Å². The molecule has 0 saturated heterocycles. The first-order valence-electron chi connectivity index (χ1n) is 7.60. The second kappa shape index (κ2) is 6.86. The summed E-state index contributed by atoms with van der Waals surface area (Å²) in [7, 11) is -3.87. The molecule has 0 aliphatic carbocycles. The average Bonchev–Trinajstić information content (AvgIpc) is 2.59. The molecule has 3 rings (SSSR count). The highest BCUT2D eigenvalue weighted by atomic mass is 32.2. The molecule has 0 fully saturated rings. The largest absolute Gasteiger partial charge is 0.508 e. The number of hydrogen-bond acceptors (Lipinski definition) is 4. The Hall–Kier alpha value is -2.99. The molecule has 128 valence electrons. The predicted molar refractivity (Wildman–Crippen MR) is 96.6 cm³/mol. The second-order valence-corrected chi connectivity index (χ2v) is 7.12. The zero-order chi connectivity index (χ0) is 17.9. The molecule has 0 aromatic heterocycles. The molecular formula is C19H17NO4S. The summed E-state index contributed by atoms with van der Waals surface area (Å²) in [6, 6.07) is 20.1. The lowest BCUT2D eigenvalue weighted by Gasteiger charge is -2.14. The molecule has 3 aromatic rings. The summed E-state index contributed by atoms with van der Waals surface area (Å²) in [5.41, 5.74) is 0.848. The molecule has 0 saturated carbocycles. The quantitative estimate of drug-likeness (QED) is 0.716. The molecule has 0 radical (unpaired) electrons. The van der Waals surface area contributed by atoms with Gasteiger partial charge in [-0.25, -0.2) is 8.42 Å². The Balaban J connectivity index is 1.94. The maximum Gasteiger partial charge on any atom is 0.262 e. The molecule has 0 atom stereocenters. The number of anilines is 1. The lowest BCUT2D eigenvalue weighted by molar-refractivity contribution is 0.473. The van der Waals surface area contributed by atoms with Crippen LogP contribution in [-0.2, 0) is 10.0 Å². The maximum absolute atomic E-state index is 12.7. The zero-order valence-corrected chi connectivity index (χ0v) is 14.3. The van der Waals surface area contributed by atoms with E-state index in [1.807, 2.05) is 18.2 Å². The molecule has 0 unspecified atom stereocenters. The number of para-hydroxylation sites is 3. The van der Waals surface area contributed by atoms with Crippen molar-refractivity contribution < 1.29 is 18.3 Å². The van der Waals surface area contributed by atoms with Gasteiger partial charge in [0.25, 0.3) is 10.0 Å². The van der Waals surface area contributed by atoms with Gasteiger partial charge in [-0.3, -0.25) is 4.72 Å². The van der Waals surface area contributed by atoms with Crippen molar-refractivity contribution in [3.8, 4) is 17.2 Å². The van der Waals surface area contributed by atoms with E-state index in [0.717, 1.165) is 0 Å². The van der Waals surface area contributed by atoms with Crippen LogP contribution in [0.5, 0.6) is 17.2 Å². The summed E-state index contributed by atoms with van der Waals surface area (Å²) in [6.07, 6.45) is 0. The Morgan fingerprint density at radius 1 is 0.920 bits per heavy atom. The van der Waals surface area contributed by atoms with Gasteiger partial charge in [0.2, 0.25) is 0 Å². The van der Waals surface area contributed by atoms with E-state index in [2.05, 4.69) is 4.72 Å². The highest BCUT2D eigenvalue weighted by Crippen LogP contribution is 2.31. The monoisotopic (exact) mass is 355 g/mol. The number of sulfonamides is 1. The summed E-state index contributed by atoms with van der Waals surface area (Å²) >= 11 is 0. The van der Waals surface area contributed by atoms with E-state index < -0.39 is 10.0 Å². The van der Waals surface area contributed by atoms with Gasteiger partial charge in [0, 0.05) is 6.07 Å². The molecule has 3 aromatic carbocycles. The normalized spacial score (nSPS) is 11.1. The van der Waals surface area contributed by atoms with E-state index in [-0.39, 0.29) is 10.6 Å². The maximum atomic E-state index is 12.7. The topological polar surface area (TPSA) is 75.6 Å². The number of aryl methyl sites for hydroxylation is 1. The van der Waals surface area contributed by atoms with Crippen LogP contribution in [0.25, 0.3) is 0 Å². The molecule has 25 heavy (non-hydrogen) atoms. The van der Waals surface area contributed by atoms with Crippen molar-refractivity contribution in [2.45, 2.75) is 11.8 Å². The Morgan fingerprint density at radius 3 is 2.36 bits per heavy atom. The lowest BCUT2D eigenvalue weighted by atomic mass is 10.2. The van der Waals surface area contributed by atoms with Gasteiger partial charge >= 0.3 is 0 Å². The minimum absolute atomic E-state index is 0.0158. The van der Waals surface area contributed by atoms with Crippen LogP contribution in [0.2, 0.25) is 0 Å². The van der Waals surface area contributed by atoms with Crippen molar-refractivity contribution in [2.24, 2.45) is 0 Å². The number of phenols is 1. The van der Waals surface area contributed by atoms with Crippen molar-refractivity contribution in [3.63, 3.8) is 0 Å². The SMILES string of the molecule is Cc1ccc(O)cc1S(=O)(=O)Nc1ccccc1Oc1ccccc1. The van der Waals surface area contributed by atoms with Gasteiger partial charge in [0.1, 0.15) is 11.5 Å². The number of hydrogen-bond donors (Lipinski definition) is 2. The molecular weight excluding hydrogens is 338 g/mol. The molecule has 0 spiro atoms. The van der Waals surface area contributed by atoms with Gasteiger partial charge in [-0.2, -0.15) is 0 Å². The van der Waals surface area contributed by atoms with Gasteiger partial charge in [-0.15, -0.1) is 0 Å². The summed E-state index contributed by atoms with van der Waals surface area (Å²) in [5, 5.41) is 9.60. The first-order valence-corrected chi connectivity index (χ1v) is 9.08. The average molecular weight is 355 g/mol. The fourth-order valence-corrected chi connectivity index (χ4v) is 3.67. The molecule has 2 N–H and O–H groups in total. The predicted octanol–water partition coefficient (Wildman–Crippen LogP) is 4.29. The van der Waals surface area contributed by atoms with E-state index in [1.54, 1.807) is 49.4 Å². The van der Waals surface area contributed by atoms with Crippen molar-refractivity contribution in [1.29, 1.82) is 0 Å². The Bertz CT molecular complexity index is 985. The van der Waals surface area contributed by atoms with Crippen molar-refractivity contribution >= 4 is 15.7 Å². The van der Waals surface area contributed by atoms with Crippen LogP contribution < -0.4 is 9.46 Å². The number of rotatable bonds is 5. The second-order valence-electron chi connectivity index (χ2n) is 5.47. The molecule has 0 amide bonds. The lowest BCUT2D eigenvalue weighted by Crippen LogP contribution is -2.14. The first kappa shape index (κ1) is 16.9. The third-order valence-corrected chi connectivity index (χ3v) is 5.07. The zero-order valence-electron chi connectivity index (χ0n) is 13.5.